The Morgan fingerprint density at radius 1 is 1.03 bits per heavy atom. The summed E-state index contributed by atoms with van der Waals surface area (Å²) in [5.41, 5.74) is 1.11. The molecule has 2 aromatic rings. The molecule has 0 aliphatic carbocycles. The Morgan fingerprint density at radius 3 is 2.31 bits per heavy atom. The second-order valence-electron chi connectivity index (χ2n) is 8.60. The highest BCUT2D eigenvalue weighted by Gasteiger charge is 2.31. The number of carbonyl (C=O) groups excluding carboxylic acids is 2. The summed E-state index contributed by atoms with van der Waals surface area (Å²) in [6.07, 6.45) is 1.79. The number of nitrogens with one attached hydrogen (secondary N) is 1. The van der Waals surface area contributed by atoms with E-state index in [4.69, 9.17) is 9.47 Å². The molecule has 0 bridgehead atoms. The third-order valence-electron chi connectivity index (χ3n) is 5.86. The molecular formula is C25H33N3O6S. The summed E-state index contributed by atoms with van der Waals surface area (Å²) in [5, 5.41) is 2.90. The predicted octanol–water partition coefficient (Wildman–Crippen LogP) is 2.56. The van der Waals surface area contributed by atoms with E-state index < -0.39 is 28.5 Å². The van der Waals surface area contributed by atoms with Gasteiger partial charge in [-0.1, -0.05) is 37.3 Å². The average molecular weight is 504 g/mol. The Morgan fingerprint density at radius 2 is 1.69 bits per heavy atom. The van der Waals surface area contributed by atoms with E-state index in [1.165, 1.54) is 4.90 Å². The van der Waals surface area contributed by atoms with Gasteiger partial charge in [-0.05, 0) is 38.0 Å². The van der Waals surface area contributed by atoms with Crippen molar-refractivity contribution in [2.24, 2.45) is 0 Å². The van der Waals surface area contributed by atoms with Crippen LogP contribution in [0.15, 0.2) is 48.5 Å². The van der Waals surface area contributed by atoms with Crippen molar-refractivity contribution in [1.82, 2.24) is 10.2 Å². The maximum Gasteiger partial charge on any atom is 0.244 e. The summed E-state index contributed by atoms with van der Waals surface area (Å²) < 4.78 is 37.5. The van der Waals surface area contributed by atoms with Crippen molar-refractivity contribution in [1.29, 1.82) is 0 Å². The molecule has 190 valence electrons. The summed E-state index contributed by atoms with van der Waals surface area (Å²) in [7, 11) is -3.83. The van der Waals surface area contributed by atoms with E-state index in [0.717, 1.165) is 22.5 Å². The first-order valence-electron chi connectivity index (χ1n) is 11.6. The molecule has 0 radical (unpaired) electrons. The van der Waals surface area contributed by atoms with E-state index in [-0.39, 0.29) is 24.2 Å². The Bertz CT molecular complexity index is 1140. The number of fused-ring (bicyclic) bond motifs is 1. The van der Waals surface area contributed by atoms with Crippen molar-refractivity contribution in [3.05, 3.63) is 54.1 Å². The van der Waals surface area contributed by atoms with Gasteiger partial charge in [0.2, 0.25) is 21.8 Å². The first-order valence-corrected chi connectivity index (χ1v) is 13.5. The number of hydrogen-bond donors (Lipinski definition) is 1. The summed E-state index contributed by atoms with van der Waals surface area (Å²) in [6.45, 7) is 5.95. The minimum absolute atomic E-state index is 0.0520. The molecule has 0 saturated heterocycles. The van der Waals surface area contributed by atoms with Crippen LogP contribution in [0.3, 0.4) is 0 Å². The lowest BCUT2D eigenvalue weighted by Gasteiger charge is -2.32. The van der Waals surface area contributed by atoms with Crippen LogP contribution in [0.5, 0.6) is 11.5 Å². The van der Waals surface area contributed by atoms with E-state index in [0.29, 0.717) is 24.7 Å². The highest BCUT2D eigenvalue weighted by atomic mass is 32.2. The standard InChI is InChI=1S/C25H33N3O6S/c1-5-18(2)26-25(30)19(3)27(16-20-9-7-6-8-10-20)24(29)17-28(35(4,31)32)21-11-12-22-23(15-21)34-14-13-33-22/h6-12,15,18-19H,5,13-14,16-17H2,1-4H3,(H,26,30)/t18-,19+/m1/s1. The van der Waals surface area contributed by atoms with E-state index in [1.54, 1.807) is 25.1 Å². The zero-order valence-corrected chi connectivity index (χ0v) is 21.4. The molecule has 2 amide bonds. The van der Waals surface area contributed by atoms with Crippen LogP contribution in [0.2, 0.25) is 0 Å². The molecule has 9 nitrogen and oxygen atoms in total. The van der Waals surface area contributed by atoms with Gasteiger partial charge in [-0.2, -0.15) is 0 Å². The highest BCUT2D eigenvalue weighted by molar-refractivity contribution is 7.92. The zero-order chi connectivity index (χ0) is 25.6. The number of hydrogen-bond acceptors (Lipinski definition) is 6. The topological polar surface area (TPSA) is 105 Å². The van der Waals surface area contributed by atoms with Gasteiger partial charge in [-0.15, -0.1) is 0 Å². The SMILES string of the molecule is CC[C@@H](C)NC(=O)[C@H](C)N(Cc1ccccc1)C(=O)CN(c1ccc2c(c1)OCCO2)S(C)(=O)=O. The van der Waals surface area contributed by atoms with Gasteiger partial charge < -0.3 is 19.7 Å². The Kier molecular flexibility index (Phi) is 8.61. The summed E-state index contributed by atoms with van der Waals surface area (Å²) >= 11 is 0. The normalized spacial score (nSPS) is 14.5. The Balaban J connectivity index is 1.89. The summed E-state index contributed by atoms with van der Waals surface area (Å²) in [6, 6.07) is 13.1. The second kappa shape index (κ2) is 11.4. The maximum atomic E-state index is 13.6. The largest absolute Gasteiger partial charge is 0.486 e. The number of benzene rings is 2. The average Bonchev–Trinajstić information content (AvgIpc) is 2.84. The lowest BCUT2D eigenvalue weighted by Crippen LogP contribution is -2.52. The Labute approximate surface area is 207 Å². The van der Waals surface area contributed by atoms with Gasteiger partial charge >= 0.3 is 0 Å². The van der Waals surface area contributed by atoms with Crippen LogP contribution in [0.4, 0.5) is 5.69 Å². The van der Waals surface area contributed by atoms with Gasteiger partial charge in [0, 0.05) is 18.7 Å². The fraction of sp³-hybridized carbons (Fsp3) is 0.440. The lowest BCUT2D eigenvalue weighted by atomic mass is 10.1. The molecule has 1 heterocycles. The van der Waals surface area contributed by atoms with Crippen LogP contribution in [-0.2, 0) is 26.2 Å². The van der Waals surface area contributed by atoms with Crippen molar-refractivity contribution >= 4 is 27.5 Å². The Hall–Kier alpha value is -3.27. The van der Waals surface area contributed by atoms with Gasteiger partial charge in [0.25, 0.3) is 0 Å². The molecule has 1 aliphatic rings. The quantitative estimate of drug-likeness (QED) is 0.534. The predicted molar refractivity (Wildman–Crippen MR) is 134 cm³/mol. The molecule has 10 heteroatoms. The van der Waals surface area contributed by atoms with E-state index >= 15 is 0 Å². The molecular weight excluding hydrogens is 470 g/mol. The fourth-order valence-electron chi connectivity index (χ4n) is 3.63. The fourth-order valence-corrected chi connectivity index (χ4v) is 4.47. The molecule has 2 atom stereocenters. The number of amides is 2. The monoisotopic (exact) mass is 503 g/mol. The number of rotatable bonds is 10. The first-order chi connectivity index (χ1) is 16.6. The first kappa shape index (κ1) is 26.3. The van der Waals surface area contributed by atoms with E-state index in [2.05, 4.69) is 5.32 Å². The van der Waals surface area contributed by atoms with Crippen LogP contribution in [-0.4, -0.2) is 63.2 Å². The smallest absolute Gasteiger partial charge is 0.244 e. The van der Waals surface area contributed by atoms with Crippen molar-refractivity contribution < 1.29 is 27.5 Å². The lowest BCUT2D eigenvalue weighted by molar-refractivity contribution is -0.139. The molecule has 35 heavy (non-hydrogen) atoms. The number of carbonyl (C=O) groups is 2. The van der Waals surface area contributed by atoms with Crippen LogP contribution in [0.25, 0.3) is 0 Å². The van der Waals surface area contributed by atoms with Crippen LogP contribution >= 0.6 is 0 Å². The molecule has 0 fully saturated rings. The van der Waals surface area contributed by atoms with Gasteiger partial charge in [-0.25, -0.2) is 8.42 Å². The molecule has 0 saturated carbocycles. The van der Waals surface area contributed by atoms with Crippen LogP contribution < -0.4 is 19.1 Å². The summed E-state index contributed by atoms with van der Waals surface area (Å²) in [4.78, 5) is 27.9. The minimum Gasteiger partial charge on any atom is -0.486 e. The zero-order valence-electron chi connectivity index (χ0n) is 20.6. The van der Waals surface area contributed by atoms with Crippen molar-refractivity contribution in [2.75, 3.05) is 30.3 Å². The van der Waals surface area contributed by atoms with Gasteiger partial charge in [0.05, 0.1) is 11.9 Å². The van der Waals surface area contributed by atoms with E-state index in [1.807, 2.05) is 44.2 Å². The van der Waals surface area contributed by atoms with Crippen LogP contribution in [0, 0.1) is 0 Å². The third-order valence-corrected chi connectivity index (χ3v) is 7.00. The molecule has 0 aromatic heterocycles. The van der Waals surface area contributed by atoms with Crippen molar-refractivity contribution in [2.45, 2.75) is 45.8 Å². The van der Waals surface area contributed by atoms with Gasteiger partial charge in [-0.3, -0.25) is 13.9 Å². The number of anilines is 1. The maximum absolute atomic E-state index is 13.6. The second-order valence-corrected chi connectivity index (χ2v) is 10.5. The van der Waals surface area contributed by atoms with Gasteiger partial charge in [0.15, 0.2) is 11.5 Å². The number of ether oxygens (including phenoxy) is 2. The summed E-state index contributed by atoms with van der Waals surface area (Å²) in [5.74, 6) is 0.132. The molecule has 0 spiro atoms. The van der Waals surface area contributed by atoms with Gasteiger partial charge in [0.1, 0.15) is 25.8 Å². The minimum atomic E-state index is -3.83. The van der Waals surface area contributed by atoms with Crippen molar-refractivity contribution in [3.8, 4) is 11.5 Å². The number of nitrogens with zero attached hydrogens (tertiary/aromatic N) is 2. The molecule has 0 unspecified atom stereocenters. The third kappa shape index (κ3) is 6.88. The van der Waals surface area contributed by atoms with E-state index in [9.17, 15) is 18.0 Å². The molecule has 1 N–H and O–H groups in total. The van der Waals surface area contributed by atoms with Crippen molar-refractivity contribution in [3.63, 3.8) is 0 Å². The molecule has 3 rings (SSSR count). The van der Waals surface area contributed by atoms with Crippen LogP contribution in [0.1, 0.15) is 32.8 Å². The highest BCUT2D eigenvalue weighted by Crippen LogP contribution is 2.34. The molecule has 2 aromatic carbocycles. The molecule has 1 aliphatic heterocycles. The number of sulfonamides is 1.